The molecule has 1 amide bonds. The van der Waals surface area contributed by atoms with Crippen LogP contribution in [0.3, 0.4) is 0 Å². The third-order valence-corrected chi connectivity index (χ3v) is 4.11. The fourth-order valence-electron chi connectivity index (χ4n) is 2.67. The van der Waals surface area contributed by atoms with E-state index in [4.69, 9.17) is 4.74 Å². The molecule has 4 heteroatoms. The summed E-state index contributed by atoms with van der Waals surface area (Å²) >= 11 is 0. The predicted octanol–water partition coefficient (Wildman–Crippen LogP) is 0.916. The largest absolute Gasteiger partial charge is 0.379 e. The number of carbonyl (C=O) groups is 1. The summed E-state index contributed by atoms with van der Waals surface area (Å²) in [7, 11) is 0. The number of nitrogens with one attached hydrogen (secondary N) is 2. The first-order valence-corrected chi connectivity index (χ1v) is 6.84. The molecular weight excluding hydrogens is 216 g/mol. The Bertz CT molecular complexity index is 266. The van der Waals surface area contributed by atoms with Crippen LogP contribution in [0.15, 0.2) is 0 Å². The van der Waals surface area contributed by atoms with E-state index in [0.29, 0.717) is 25.2 Å². The van der Waals surface area contributed by atoms with Crippen molar-refractivity contribution in [1.29, 1.82) is 0 Å². The van der Waals surface area contributed by atoms with Crippen molar-refractivity contribution in [3.05, 3.63) is 0 Å². The molecule has 3 unspecified atom stereocenters. The van der Waals surface area contributed by atoms with Gasteiger partial charge in [0.15, 0.2) is 0 Å². The lowest BCUT2D eigenvalue weighted by Gasteiger charge is -2.32. The van der Waals surface area contributed by atoms with Crippen LogP contribution in [0.2, 0.25) is 0 Å². The first-order chi connectivity index (χ1) is 8.22. The van der Waals surface area contributed by atoms with Crippen LogP contribution < -0.4 is 10.6 Å². The van der Waals surface area contributed by atoms with E-state index in [1.165, 1.54) is 19.3 Å². The first kappa shape index (κ1) is 12.8. The number of carbonyl (C=O) groups excluding carboxylic acids is 1. The number of ether oxygens (including phenoxy) is 1. The van der Waals surface area contributed by atoms with Crippen molar-refractivity contribution in [2.45, 2.75) is 45.2 Å². The van der Waals surface area contributed by atoms with Gasteiger partial charge < -0.3 is 15.4 Å². The van der Waals surface area contributed by atoms with E-state index in [-0.39, 0.29) is 17.9 Å². The number of amides is 1. The minimum Gasteiger partial charge on any atom is -0.379 e. The highest BCUT2D eigenvalue weighted by molar-refractivity contribution is 5.80. The van der Waals surface area contributed by atoms with E-state index >= 15 is 0 Å². The van der Waals surface area contributed by atoms with Crippen LogP contribution in [-0.2, 0) is 9.53 Å². The van der Waals surface area contributed by atoms with Gasteiger partial charge >= 0.3 is 0 Å². The van der Waals surface area contributed by atoms with Gasteiger partial charge in [0.2, 0.25) is 5.91 Å². The maximum Gasteiger partial charge on any atom is 0.227 e. The van der Waals surface area contributed by atoms with Crippen LogP contribution in [0.25, 0.3) is 0 Å². The van der Waals surface area contributed by atoms with E-state index in [0.717, 1.165) is 6.54 Å². The second kappa shape index (κ2) is 5.83. The van der Waals surface area contributed by atoms with Gasteiger partial charge in [0.25, 0.3) is 0 Å². The average molecular weight is 240 g/mol. The van der Waals surface area contributed by atoms with Gasteiger partial charge in [0.1, 0.15) is 0 Å². The van der Waals surface area contributed by atoms with Crippen molar-refractivity contribution < 1.29 is 9.53 Å². The Hall–Kier alpha value is -0.610. The van der Waals surface area contributed by atoms with Gasteiger partial charge in [0.05, 0.1) is 19.1 Å². The molecule has 0 aromatic heterocycles. The Kier molecular flexibility index (Phi) is 4.40. The number of hydrogen-bond donors (Lipinski definition) is 2. The van der Waals surface area contributed by atoms with Gasteiger partial charge in [-0.1, -0.05) is 13.3 Å². The van der Waals surface area contributed by atoms with Crippen molar-refractivity contribution in [2.75, 3.05) is 19.8 Å². The second-order valence-electron chi connectivity index (χ2n) is 5.30. The zero-order valence-corrected chi connectivity index (χ0v) is 10.9. The Morgan fingerprint density at radius 3 is 2.76 bits per heavy atom. The molecule has 1 heterocycles. The third-order valence-electron chi connectivity index (χ3n) is 4.11. The second-order valence-corrected chi connectivity index (χ2v) is 5.30. The van der Waals surface area contributed by atoms with Crippen molar-refractivity contribution in [1.82, 2.24) is 10.6 Å². The lowest BCUT2D eigenvalue weighted by Crippen LogP contribution is -2.48. The van der Waals surface area contributed by atoms with Gasteiger partial charge in [-0.05, 0) is 32.2 Å². The molecule has 0 aromatic carbocycles. The minimum absolute atomic E-state index is 0.0162. The van der Waals surface area contributed by atoms with Crippen LogP contribution >= 0.6 is 0 Å². The van der Waals surface area contributed by atoms with E-state index in [1.54, 1.807) is 0 Å². The third kappa shape index (κ3) is 2.99. The number of hydrogen-bond acceptors (Lipinski definition) is 3. The maximum absolute atomic E-state index is 12.2. The van der Waals surface area contributed by atoms with E-state index < -0.39 is 0 Å². The summed E-state index contributed by atoms with van der Waals surface area (Å²) in [5.41, 5.74) is 0. The minimum atomic E-state index is -0.0162. The highest BCUT2D eigenvalue weighted by Crippen LogP contribution is 2.29. The summed E-state index contributed by atoms with van der Waals surface area (Å²) in [4.78, 5) is 12.2. The molecule has 0 bridgehead atoms. The molecule has 2 rings (SSSR count). The van der Waals surface area contributed by atoms with Crippen LogP contribution in [0.5, 0.6) is 0 Å². The fraction of sp³-hybridized carbons (Fsp3) is 0.923. The van der Waals surface area contributed by atoms with Crippen molar-refractivity contribution in [3.63, 3.8) is 0 Å². The van der Waals surface area contributed by atoms with Gasteiger partial charge in [-0.3, -0.25) is 4.79 Å². The number of likely N-dealkylation sites (N-methyl/N-ethyl adjacent to an activating group) is 1. The summed E-state index contributed by atoms with van der Waals surface area (Å²) in [5, 5.41) is 6.47. The maximum atomic E-state index is 12.2. The zero-order chi connectivity index (χ0) is 12.3. The average Bonchev–Trinajstić information content (AvgIpc) is 2.63. The summed E-state index contributed by atoms with van der Waals surface area (Å²) in [6.07, 6.45) is 3.84. The topological polar surface area (TPSA) is 50.4 Å². The predicted molar refractivity (Wildman–Crippen MR) is 66.7 cm³/mol. The van der Waals surface area contributed by atoms with Gasteiger partial charge in [0, 0.05) is 12.1 Å². The van der Waals surface area contributed by atoms with Gasteiger partial charge in [-0.2, -0.15) is 0 Å². The van der Waals surface area contributed by atoms with Gasteiger partial charge in [-0.25, -0.2) is 0 Å². The summed E-state index contributed by atoms with van der Waals surface area (Å²) < 4.78 is 5.40. The molecule has 1 aliphatic carbocycles. The van der Waals surface area contributed by atoms with E-state index in [9.17, 15) is 4.79 Å². The Morgan fingerprint density at radius 1 is 1.41 bits per heavy atom. The molecular formula is C13H24N2O2. The molecule has 17 heavy (non-hydrogen) atoms. The molecule has 2 fully saturated rings. The quantitative estimate of drug-likeness (QED) is 0.751. The molecule has 1 saturated carbocycles. The van der Waals surface area contributed by atoms with Crippen LogP contribution in [0.1, 0.15) is 33.1 Å². The fourth-order valence-corrected chi connectivity index (χ4v) is 2.67. The zero-order valence-electron chi connectivity index (χ0n) is 10.9. The van der Waals surface area contributed by atoms with Crippen molar-refractivity contribution in [3.8, 4) is 0 Å². The molecule has 98 valence electrons. The Balaban J connectivity index is 1.81. The summed E-state index contributed by atoms with van der Waals surface area (Å²) in [6.45, 7) is 6.28. The normalized spacial score (nSPS) is 30.9. The summed E-state index contributed by atoms with van der Waals surface area (Å²) in [5.74, 6) is 0.837. The molecule has 3 atom stereocenters. The Morgan fingerprint density at radius 2 is 2.18 bits per heavy atom. The van der Waals surface area contributed by atoms with E-state index in [1.807, 2.05) is 0 Å². The molecule has 1 saturated heterocycles. The molecule has 2 N–H and O–H groups in total. The van der Waals surface area contributed by atoms with E-state index in [2.05, 4.69) is 24.5 Å². The molecule has 4 nitrogen and oxygen atoms in total. The molecule has 1 aliphatic heterocycles. The summed E-state index contributed by atoms with van der Waals surface area (Å²) in [6, 6.07) is 0.507. The lowest BCUT2D eigenvalue weighted by molar-refractivity contribution is -0.126. The lowest BCUT2D eigenvalue weighted by atomic mass is 9.80. The van der Waals surface area contributed by atoms with Crippen LogP contribution in [0.4, 0.5) is 0 Å². The highest BCUT2D eigenvalue weighted by Gasteiger charge is 2.35. The Labute approximate surface area is 103 Å². The first-order valence-electron chi connectivity index (χ1n) is 6.84. The molecule has 2 aliphatic rings. The highest BCUT2D eigenvalue weighted by atomic mass is 16.5. The van der Waals surface area contributed by atoms with Crippen molar-refractivity contribution >= 4 is 5.91 Å². The van der Waals surface area contributed by atoms with Crippen LogP contribution in [0, 0.1) is 11.8 Å². The SMILES string of the molecule is CCNC1COCC1C(=O)NC(C)C1CCC1. The smallest absolute Gasteiger partial charge is 0.227 e. The monoisotopic (exact) mass is 240 g/mol. The molecule has 0 aromatic rings. The molecule has 0 radical (unpaired) electrons. The van der Waals surface area contributed by atoms with Gasteiger partial charge in [-0.15, -0.1) is 0 Å². The van der Waals surface area contributed by atoms with Crippen molar-refractivity contribution in [2.24, 2.45) is 11.8 Å². The standard InChI is InChI=1S/C13H24N2O2/c1-3-14-12-8-17-7-11(12)13(16)15-9(2)10-5-4-6-10/h9-12,14H,3-8H2,1-2H3,(H,15,16). The van der Waals surface area contributed by atoms with Crippen LogP contribution in [-0.4, -0.2) is 37.7 Å². The molecule has 0 spiro atoms. The number of rotatable bonds is 5.